The predicted octanol–water partition coefficient (Wildman–Crippen LogP) is 3.22. The second kappa shape index (κ2) is 5.29. The maximum atomic E-state index is 10.8. The van der Waals surface area contributed by atoms with Crippen molar-refractivity contribution in [1.29, 1.82) is 0 Å². The quantitative estimate of drug-likeness (QED) is 0.910. The Bertz CT molecular complexity index is 542. The van der Waals surface area contributed by atoms with Gasteiger partial charge >= 0.3 is 5.97 Å². The zero-order valence-electron chi connectivity index (χ0n) is 8.68. The van der Waals surface area contributed by atoms with Crippen LogP contribution >= 0.6 is 27.3 Å². The number of rotatable bonds is 4. The second-order valence-electron chi connectivity index (χ2n) is 3.33. The molecule has 1 aromatic heterocycles. The summed E-state index contributed by atoms with van der Waals surface area (Å²) in [4.78, 5) is 15.0. The number of carboxylic acids is 1. The number of benzene rings is 1. The Kier molecular flexibility index (Phi) is 3.75. The van der Waals surface area contributed by atoms with Gasteiger partial charge < -0.3 is 10.4 Å². The normalized spacial score (nSPS) is 10.2. The van der Waals surface area contributed by atoms with Gasteiger partial charge in [0.15, 0.2) is 5.13 Å². The predicted molar refractivity (Wildman–Crippen MR) is 70.5 cm³/mol. The molecule has 0 atom stereocenters. The van der Waals surface area contributed by atoms with Crippen LogP contribution in [0.5, 0.6) is 0 Å². The number of aromatic nitrogens is 1. The number of nitrogens with zero attached hydrogens (tertiary/aromatic N) is 1. The molecular formula is C11H9BrN2O2S. The third-order valence-corrected chi connectivity index (χ3v) is 3.60. The molecule has 4 nitrogen and oxygen atoms in total. The molecule has 0 unspecified atom stereocenters. The van der Waals surface area contributed by atoms with E-state index in [1.54, 1.807) is 18.2 Å². The highest BCUT2D eigenvalue weighted by Gasteiger charge is 2.04. The summed E-state index contributed by atoms with van der Waals surface area (Å²) in [6.07, 6.45) is 0. The molecule has 0 radical (unpaired) electrons. The first kappa shape index (κ1) is 12.1. The largest absolute Gasteiger partial charge is 0.478 e. The molecule has 2 N–H and O–H groups in total. The van der Waals surface area contributed by atoms with Crippen molar-refractivity contribution in [3.63, 3.8) is 0 Å². The Morgan fingerprint density at radius 3 is 3.00 bits per heavy atom. The summed E-state index contributed by atoms with van der Waals surface area (Å²) in [5.41, 5.74) is 1.21. The molecule has 2 rings (SSSR count). The van der Waals surface area contributed by atoms with E-state index in [1.807, 2.05) is 11.4 Å². The molecule has 2 aromatic rings. The molecule has 1 aromatic carbocycles. The van der Waals surface area contributed by atoms with Crippen LogP contribution in [-0.4, -0.2) is 16.1 Å². The van der Waals surface area contributed by atoms with Gasteiger partial charge in [0.2, 0.25) is 0 Å². The van der Waals surface area contributed by atoms with Crippen LogP contribution in [0.1, 0.15) is 15.9 Å². The van der Waals surface area contributed by atoms with Gasteiger partial charge in [0, 0.05) is 11.9 Å². The average molecular weight is 313 g/mol. The molecule has 0 bridgehead atoms. The molecule has 6 heteroatoms. The fraction of sp³-hybridized carbons (Fsp3) is 0.0909. The number of carboxylic acid groups (broad SMARTS) is 1. The summed E-state index contributed by atoms with van der Waals surface area (Å²) < 4.78 is 0.796. The minimum absolute atomic E-state index is 0.296. The van der Waals surface area contributed by atoms with Gasteiger partial charge in [-0.3, -0.25) is 0 Å². The molecular weight excluding hydrogens is 304 g/mol. The van der Waals surface area contributed by atoms with Crippen LogP contribution in [0.15, 0.2) is 34.2 Å². The van der Waals surface area contributed by atoms with E-state index in [9.17, 15) is 4.79 Å². The first-order valence-corrected chi connectivity index (χ1v) is 6.49. The van der Waals surface area contributed by atoms with E-state index in [2.05, 4.69) is 26.2 Å². The van der Waals surface area contributed by atoms with Gasteiger partial charge in [-0.2, -0.15) is 0 Å². The lowest BCUT2D eigenvalue weighted by Gasteiger charge is -2.03. The summed E-state index contributed by atoms with van der Waals surface area (Å²) in [5, 5.41) is 14.7. The van der Waals surface area contributed by atoms with Gasteiger partial charge in [-0.15, -0.1) is 11.3 Å². The molecule has 17 heavy (non-hydrogen) atoms. The van der Waals surface area contributed by atoms with Crippen molar-refractivity contribution in [2.45, 2.75) is 6.54 Å². The van der Waals surface area contributed by atoms with Crippen molar-refractivity contribution >= 4 is 38.4 Å². The van der Waals surface area contributed by atoms with Crippen LogP contribution in [0.4, 0.5) is 5.13 Å². The molecule has 1 heterocycles. The van der Waals surface area contributed by atoms with Gasteiger partial charge in [-0.25, -0.2) is 9.78 Å². The summed E-state index contributed by atoms with van der Waals surface area (Å²) in [6.45, 7) is 0.557. The number of aromatic carboxylic acids is 1. The smallest absolute Gasteiger partial charge is 0.335 e. The van der Waals surface area contributed by atoms with Gasteiger partial charge in [-0.05, 0) is 33.6 Å². The molecule has 0 spiro atoms. The van der Waals surface area contributed by atoms with Crippen molar-refractivity contribution in [1.82, 2.24) is 4.98 Å². The molecule has 0 saturated carbocycles. The zero-order chi connectivity index (χ0) is 12.3. The lowest BCUT2D eigenvalue weighted by atomic mass is 10.1. The third kappa shape index (κ3) is 3.28. The lowest BCUT2D eigenvalue weighted by molar-refractivity contribution is 0.0697. The monoisotopic (exact) mass is 312 g/mol. The Labute approximate surface area is 110 Å². The molecule has 0 fully saturated rings. The molecule has 0 saturated heterocycles. The number of carbonyl (C=O) groups is 1. The number of halogens is 1. The van der Waals surface area contributed by atoms with Crippen LogP contribution in [-0.2, 0) is 6.54 Å². The van der Waals surface area contributed by atoms with Crippen molar-refractivity contribution in [3.8, 4) is 0 Å². The maximum absolute atomic E-state index is 10.8. The van der Waals surface area contributed by atoms with E-state index >= 15 is 0 Å². The Balaban J connectivity index is 2.04. The van der Waals surface area contributed by atoms with E-state index in [-0.39, 0.29) is 0 Å². The highest BCUT2D eigenvalue weighted by molar-refractivity contribution is 9.10. The van der Waals surface area contributed by atoms with Gasteiger partial charge in [0.1, 0.15) is 4.60 Å². The van der Waals surface area contributed by atoms with E-state index < -0.39 is 5.97 Å². The summed E-state index contributed by atoms with van der Waals surface area (Å²) in [6, 6.07) is 6.84. The minimum Gasteiger partial charge on any atom is -0.478 e. The van der Waals surface area contributed by atoms with Crippen molar-refractivity contribution < 1.29 is 9.90 Å². The second-order valence-corrected chi connectivity index (χ2v) is 5.01. The van der Waals surface area contributed by atoms with Gasteiger partial charge in [-0.1, -0.05) is 12.1 Å². The lowest BCUT2D eigenvalue weighted by Crippen LogP contribution is -2.02. The van der Waals surface area contributed by atoms with Crippen molar-refractivity contribution in [2.75, 3.05) is 5.32 Å². The van der Waals surface area contributed by atoms with Crippen LogP contribution in [0.3, 0.4) is 0 Å². The number of hydrogen-bond donors (Lipinski definition) is 2. The van der Waals surface area contributed by atoms with E-state index in [0.717, 1.165) is 15.3 Å². The molecule has 0 aliphatic carbocycles. The fourth-order valence-corrected chi connectivity index (χ4v) is 2.47. The highest BCUT2D eigenvalue weighted by Crippen LogP contribution is 2.20. The van der Waals surface area contributed by atoms with E-state index in [1.165, 1.54) is 11.3 Å². The number of thiazole rings is 1. The average Bonchev–Trinajstić information content (AvgIpc) is 2.73. The van der Waals surface area contributed by atoms with Crippen LogP contribution in [0, 0.1) is 0 Å². The van der Waals surface area contributed by atoms with Gasteiger partial charge in [0.25, 0.3) is 0 Å². The highest BCUT2D eigenvalue weighted by atomic mass is 79.9. The Morgan fingerprint density at radius 1 is 1.53 bits per heavy atom. The Morgan fingerprint density at radius 2 is 2.35 bits per heavy atom. The number of anilines is 1. The SMILES string of the molecule is O=C(O)c1cccc(CNc2nc(Br)cs2)c1. The minimum atomic E-state index is -0.913. The van der Waals surface area contributed by atoms with Gasteiger partial charge in [0.05, 0.1) is 5.56 Å². The van der Waals surface area contributed by atoms with Crippen LogP contribution < -0.4 is 5.32 Å². The molecule has 0 aliphatic rings. The zero-order valence-corrected chi connectivity index (χ0v) is 11.1. The first-order valence-electron chi connectivity index (χ1n) is 4.82. The molecule has 0 aliphatic heterocycles. The third-order valence-electron chi connectivity index (χ3n) is 2.09. The summed E-state index contributed by atoms with van der Waals surface area (Å²) in [7, 11) is 0. The van der Waals surface area contributed by atoms with E-state index in [0.29, 0.717) is 12.1 Å². The first-order chi connectivity index (χ1) is 8.15. The number of hydrogen-bond acceptors (Lipinski definition) is 4. The maximum Gasteiger partial charge on any atom is 0.335 e. The Hall–Kier alpha value is -1.40. The molecule has 88 valence electrons. The van der Waals surface area contributed by atoms with E-state index in [4.69, 9.17) is 5.11 Å². The molecule has 0 amide bonds. The summed E-state index contributed by atoms with van der Waals surface area (Å²) >= 11 is 4.76. The van der Waals surface area contributed by atoms with Crippen LogP contribution in [0.25, 0.3) is 0 Å². The van der Waals surface area contributed by atoms with Crippen molar-refractivity contribution in [2.24, 2.45) is 0 Å². The number of nitrogens with one attached hydrogen (secondary N) is 1. The summed E-state index contributed by atoms with van der Waals surface area (Å²) in [5.74, 6) is -0.913. The fourth-order valence-electron chi connectivity index (χ4n) is 1.33. The van der Waals surface area contributed by atoms with Crippen molar-refractivity contribution in [3.05, 3.63) is 45.4 Å². The topological polar surface area (TPSA) is 62.2 Å². The van der Waals surface area contributed by atoms with Crippen LogP contribution in [0.2, 0.25) is 0 Å². The standard InChI is InChI=1S/C11H9BrN2O2S/c12-9-6-17-11(14-9)13-5-7-2-1-3-8(4-7)10(15)16/h1-4,6H,5H2,(H,13,14)(H,15,16).